The van der Waals surface area contributed by atoms with Crippen molar-refractivity contribution < 1.29 is 4.74 Å². The van der Waals surface area contributed by atoms with Gasteiger partial charge in [0.2, 0.25) is 0 Å². The first kappa shape index (κ1) is 22.2. The molecule has 0 atom stereocenters. The van der Waals surface area contributed by atoms with E-state index in [1.807, 2.05) is 30.7 Å². The summed E-state index contributed by atoms with van der Waals surface area (Å²) in [7, 11) is 3.71. The molecule has 0 spiro atoms. The predicted molar refractivity (Wildman–Crippen MR) is 115 cm³/mol. The maximum Gasteiger partial charge on any atom is 0.191 e. The van der Waals surface area contributed by atoms with Gasteiger partial charge in [0.05, 0.1) is 13.2 Å². The Labute approximate surface area is 172 Å². The minimum atomic E-state index is 0. The molecular weight excluding hydrogens is 443 g/mol. The molecule has 0 bridgehead atoms. The topological polar surface area (TPSA) is 76.4 Å². The molecule has 0 aliphatic carbocycles. The number of hydrogen-bond acceptors (Lipinski definition) is 4. The third-order valence-electron chi connectivity index (χ3n) is 3.90. The van der Waals surface area contributed by atoms with Crippen LogP contribution < -0.4 is 15.4 Å². The van der Waals surface area contributed by atoms with Crippen LogP contribution in [0.5, 0.6) is 5.75 Å². The number of benzene rings is 1. The van der Waals surface area contributed by atoms with Crippen molar-refractivity contribution in [1.29, 1.82) is 0 Å². The molecular formula is C18H29IN6O. The van der Waals surface area contributed by atoms with Crippen molar-refractivity contribution in [3.63, 3.8) is 0 Å². The zero-order valence-electron chi connectivity index (χ0n) is 16.0. The number of hydrogen-bond donors (Lipinski definition) is 2. The van der Waals surface area contributed by atoms with Gasteiger partial charge in [-0.05, 0) is 37.5 Å². The van der Waals surface area contributed by atoms with Crippen molar-refractivity contribution in [2.24, 2.45) is 12.0 Å². The zero-order valence-corrected chi connectivity index (χ0v) is 18.3. The summed E-state index contributed by atoms with van der Waals surface area (Å²) in [6.45, 7) is 6.16. The molecule has 0 fully saturated rings. The summed E-state index contributed by atoms with van der Waals surface area (Å²) in [4.78, 5) is 4.24. The van der Waals surface area contributed by atoms with E-state index >= 15 is 0 Å². The number of halogens is 1. The lowest BCUT2D eigenvalue weighted by Crippen LogP contribution is -2.38. The van der Waals surface area contributed by atoms with Crippen molar-refractivity contribution in [3.8, 4) is 5.75 Å². The molecule has 26 heavy (non-hydrogen) atoms. The largest absolute Gasteiger partial charge is 0.494 e. The molecule has 0 unspecified atom stereocenters. The van der Waals surface area contributed by atoms with Crippen LogP contribution in [0, 0.1) is 6.92 Å². The van der Waals surface area contributed by atoms with E-state index in [0.29, 0.717) is 6.54 Å². The van der Waals surface area contributed by atoms with E-state index in [0.717, 1.165) is 49.4 Å². The average molecular weight is 472 g/mol. The lowest BCUT2D eigenvalue weighted by molar-refractivity contribution is 0.317. The van der Waals surface area contributed by atoms with Gasteiger partial charge in [0.1, 0.15) is 11.6 Å². The number of guanidine groups is 1. The summed E-state index contributed by atoms with van der Waals surface area (Å²) in [5.74, 6) is 3.45. The minimum Gasteiger partial charge on any atom is -0.494 e. The van der Waals surface area contributed by atoms with Gasteiger partial charge < -0.3 is 19.9 Å². The molecule has 0 aliphatic heterocycles. The number of aromatic nitrogens is 3. The molecule has 144 valence electrons. The molecule has 2 rings (SSSR count). The fraction of sp³-hybridized carbons (Fsp3) is 0.500. The Morgan fingerprint density at radius 1 is 1.27 bits per heavy atom. The van der Waals surface area contributed by atoms with E-state index in [9.17, 15) is 0 Å². The Hall–Kier alpha value is -1.84. The Morgan fingerprint density at radius 3 is 2.73 bits per heavy atom. The molecule has 1 aromatic heterocycles. The highest BCUT2D eigenvalue weighted by atomic mass is 127. The monoisotopic (exact) mass is 472 g/mol. The molecule has 2 N–H and O–H groups in total. The highest BCUT2D eigenvalue weighted by molar-refractivity contribution is 14.0. The standard InChI is InChI=1S/C18H28N6O.HI/c1-5-11-25-16-8-6-7-15(12-16)9-10-20-18(19-3)21-13-17-23-22-14(2)24(17)4;/h6-8,12H,5,9-11,13H2,1-4H3,(H2,19,20,21);1H. The summed E-state index contributed by atoms with van der Waals surface area (Å²) in [5.41, 5.74) is 1.24. The molecule has 0 saturated carbocycles. The fourth-order valence-corrected chi connectivity index (χ4v) is 2.32. The Morgan fingerprint density at radius 2 is 2.08 bits per heavy atom. The van der Waals surface area contributed by atoms with Gasteiger partial charge in [0.15, 0.2) is 11.8 Å². The summed E-state index contributed by atoms with van der Waals surface area (Å²) in [6.07, 6.45) is 1.91. The third kappa shape index (κ3) is 6.81. The van der Waals surface area contributed by atoms with Crippen LogP contribution in [0.15, 0.2) is 29.3 Å². The summed E-state index contributed by atoms with van der Waals surface area (Å²) < 4.78 is 7.63. The van der Waals surface area contributed by atoms with Gasteiger partial charge in [0.25, 0.3) is 0 Å². The van der Waals surface area contributed by atoms with Crippen LogP contribution in [0.25, 0.3) is 0 Å². The number of aryl methyl sites for hydroxylation is 1. The maximum atomic E-state index is 5.67. The van der Waals surface area contributed by atoms with Gasteiger partial charge in [-0.3, -0.25) is 4.99 Å². The molecule has 1 aromatic carbocycles. The van der Waals surface area contributed by atoms with E-state index in [2.05, 4.69) is 44.9 Å². The highest BCUT2D eigenvalue weighted by Crippen LogP contribution is 2.13. The fourth-order valence-electron chi connectivity index (χ4n) is 2.32. The Kier molecular flexibility index (Phi) is 10.0. The van der Waals surface area contributed by atoms with Gasteiger partial charge in [-0.25, -0.2) is 0 Å². The molecule has 0 amide bonds. The first-order chi connectivity index (χ1) is 12.1. The average Bonchev–Trinajstić information content (AvgIpc) is 2.95. The lowest BCUT2D eigenvalue weighted by Gasteiger charge is -2.12. The van der Waals surface area contributed by atoms with Gasteiger partial charge in [-0.15, -0.1) is 34.2 Å². The summed E-state index contributed by atoms with van der Waals surface area (Å²) in [6, 6.07) is 8.23. The summed E-state index contributed by atoms with van der Waals surface area (Å²) >= 11 is 0. The zero-order chi connectivity index (χ0) is 18.1. The second-order valence-electron chi connectivity index (χ2n) is 5.82. The van der Waals surface area contributed by atoms with Crippen molar-refractivity contribution in [3.05, 3.63) is 41.5 Å². The van der Waals surface area contributed by atoms with Crippen LogP contribution in [-0.4, -0.2) is 40.9 Å². The third-order valence-corrected chi connectivity index (χ3v) is 3.90. The molecule has 1 heterocycles. The van der Waals surface area contributed by atoms with E-state index in [4.69, 9.17) is 4.74 Å². The first-order valence-electron chi connectivity index (χ1n) is 8.65. The smallest absolute Gasteiger partial charge is 0.191 e. The normalized spacial score (nSPS) is 11.0. The van der Waals surface area contributed by atoms with Crippen LogP contribution >= 0.6 is 24.0 Å². The van der Waals surface area contributed by atoms with Crippen molar-refractivity contribution in [1.82, 2.24) is 25.4 Å². The second-order valence-corrected chi connectivity index (χ2v) is 5.82. The summed E-state index contributed by atoms with van der Waals surface area (Å²) in [5, 5.41) is 14.8. The maximum absolute atomic E-state index is 5.67. The van der Waals surface area contributed by atoms with Crippen LogP contribution in [0.1, 0.15) is 30.6 Å². The molecule has 0 radical (unpaired) electrons. The van der Waals surface area contributed by atoms with Gasteiger partial charge >= 0.3 is 0 Å². The van der Waals surface area contributed by atoms with Crippen molar-refractivity contribution >= 4 is 29.9 Å². The number of rotatable bonds is 8. The molecule has 2 aromatic rings. The first-order valence-corrected chi connectivity index (χ1v) is 8.65. The van der Waals surface area contributed by atoms with Crippen LogP contribution in [0.2, 0.25) is 0 Å². The molecule has 7 nitrogen and oxygen atoms in total. The predicted octanol–water partition coefficient (Wildman–Crippen LogP) is 2.44. The van der Waals surface area contributed by atoms with E-state index in [1.54, 1.807) is 7.05 Å². The molecule has 8 heteroatoms. The SMILES string of the molecule is CCCOc1cccc(CCNC(=NC)NCc2nnc(C)n2C)c1.I. The van der Waals surface area contributed by atoms with E-state index in [-0.39, 0.29) is 24.0 Å². The van der Waals surface area contributed by atoms with E-state index < -0.39 is 0 Å². The van der Waals surface area contributed by atoms with Gasteiger partial charge in [0, 0.05) is 20.6 Å². The van der Waals surface area contributed by atoms with Crippen LogP contribution in [-0.2, 0) is 20.0 Å². The Bertz CT molecular complexity index is 701. The van der Waals surface area contributed by atoms with Gasteiger partial charge in [-0.2, -0.15) is 0 Å². The van der Waals surface area contributed by atoms with Crippen molar-refractivity contribution in [2.45, 2.75) is 33.2 Å². The highest BCUT2D eigenvalue weighted by Gasteiger charge is 2.06. The van der Waals surface area contributed by atoms with Crippen molar-refractivity contribution in [2.75, 3.05) is 20.2 Å². The van der Waals surface area contributed by atoms with Crippen LogP contribution in [0.3, 0.4) is 0 Å². The number of aliphatic imine (C=N–C) groups is 1. The number of ether oxygens (including phenoxy) is 1. The van der Waals surface area contributed by atoms with Crippen LogP contribution in [0.4, 0.5) is 0 Å². The van der Waals surface area contributed by atoms with Gasteiger partial charge in [-0.1, -0.05) is 19.1 Å². The lowest BCUT2D eigenvalue weighted by atomic mass is 10.1. The Balaban J connectivity index is 0.00000338. The second kappa shape index (κ2) is 11.7. The minimum absolute atomic E-state index is 0. The molecule has 0 aliphatic rings. The molecule has 0 saturated heterocycles. The number of nitrogens with zero attached hydrogens (tertiary/aromatic N) is 4. The number of nitrogens with one attached hydrogen (secondary N) is 2. The van der Waals surface area contributed by atoms with E-state index in [1.165, 1.54) is 5.56 Å². The quantitative estimate of drug-likeness (QED) is 0.351.